The number of hydrogen-bond acceptors (Lipinski definition) is 2. The second-order valence-corrected chi connectivity index (χ2v) is 3.35. The first kappa shape index (κ1) is 10.1. The zero-order valence-electron chi connectivity index (χ0n) is 8.80. The summed E-state index contributed by atoms with van der Waals surface area (Å²) in [4.78, 5) is 4.42. The average Bonchev–Trinajstić information content (AvgIpc) is 2.39. The molecule has 0 saturated heterocycles. The second-order valence-electron chi connectivity index (χ2n) is 3.35. The van der Waals surface area contributed by atoms with Gasteiger partial charge in [0.1, 0.15) is 11.6 Å². The fraction of sp³-hybridized carbons (Fsp3) is 0.700. The molecular formula is C10H19N3. The number of nitrogens with two attached hydrogens (primary N) is 1. The van der Waals surface area contributed by atoms with Gasteiger partial charge in [0, 0.05) is 6.54 Å². The lowest BCUT2D eigenvalue weighted by molar-refractivity contribution is 0.622. The maximum atomic E-state index is 5.96. The van der Waals surface area contributed by atoms with Gasteiger partial charge >= 0.3 is 0 Å². The molecule has 1 aromatic rings. The number of anilines is 1. The van der Waals surface area contributed by atoms with E-state index in [0.29, 0.717) is 0 Å². The molecule has 0 aliphatic heterocycles. The van der Waals surface area contributed by atoms with Crippen LogP contribution in [0.5, 0.6) is 0 Å². The van der Waals surface area contributed by atoms with E-state index in [-0.39, 0.29) is 0 Å². The summed E-state index contributed by atoms with van der Waals surface area (Å²) in [5.74, 6) is 1.90. The molecule has 0 aliphatic carbocycles. The topological polar surface area (TPSA) is 43.8 Å². The highest BCUT2D eigenvalue weighted by molar-refractivity contribution is 5.37. The lowest BCUT2D eigenvalue weighted by Crippen LogP contribution is -2.05. The average molecular weight is 181 g/mol. The van der Waals surface area contributed by atoms with E-state index in [1.807, 2.05) is 6.92 Å². The van der Waals surface area contributed by atoms with Gasteiger partial charge in [-0.25, -0.2) is 4.98 Å². The van der Waals surface area contributed by atoms with E-state index in [1.165, 1.54) is 12.8 Å². The van der Waals surface area contributed by atoms with Crippen molar-refractivity contribution in [3.8, 4) is 0 Å². The highest BCUT2D eigenvalue weighted by Gasteiger charge is 2.08. The summed E-state index contributed by atoms with van der Waals surface area (Å²) >= 11 is 0. The Morgan fingerprint density at radius 2 is 2.08 bits per heavy atom. The third-order valence-corrected chi connectivity index (χ3v) is 2.34. The zero-order chi connectivity index (χ0) is 9.84. The first-order valence-corrected chi connectivity index (χ1v) is 5.02. The third kappa shape index (κ3) is 2.02. The molecule has 0 radical (unpaired) electrons. The number of nitrogen functional groups attached to an aromatic ring is 1. The zero-order valence-corrected chi connectivity index (χ0v) is 8.80. The van der Waals surface area contributed by atoms with Crippen LogP contribution >= 0.6 is 0 Å². The largest absolute Gasteiger partial charge is 0.384 e. The van der Waals surface area contributed by atoms with Crippen molar-refractivity contribution in [2.24, 2.45) is 0 Å². The summed E-state index contributed by atoms with van der Waals surface area (Å²) in [5, 5.41) is 0. The van der Waals surface area contributed by atoms with Gasteiger partial charge in [-0.1, -0.05) is 20.3 Å². The number of rotatable bonds is 4. The van der Waals surface area contributed by atoms with E-state index in [0.717, 1.165) is 30.3 Å². The maximum Gasteiger partial charge on any atom is 0.126 e. The van der Waals surface area contributed by atoms with Crippen LogP contribution < -0.4 is 5.73 Å². The molecule has 0 aromatic carbocycles. The van der Waals surface area contributed by atoms with Crippen molar-refractivity contribution in [2.45, 2.75) is 46.6 Å². The van der Waals surface area contributed by atoms with Crippen LogP contribution in [0.1, 0.15) is 38.2 Å². The summed E-state index contributed by atoms with van der Waals surface area (Å²) < 4.78 is 2.11. The van der Waals surface area contributed by atoms with Gasteiger partial charge in [-0.15, -0.1) is 0 Å². The number of hydrogen-bond donors (Lipinski definition) is 1. The minimum atomic E-state index is 0.855. The SMILES string of the molecule is CCCCn1c(C)nc(CC)c1N. The van der Waals surface area contributed by atoms with Gasteiger partial charge in [-0.05, 0) is 19.8 Å². The highest BCUT2D eigenvalue weighted by atomic mass is 15.1. The number of imidazole rings is 1. The number of nitrogens with zero attached hydrogens (tertiary/aromatic N) is 2. The van der Waals surface area contributed by atoms with Gasteiger partial charge in [-0.2, -0.15) is 0 Å². The highest BCUT2D eigenvalue weighted by Crippen LogP contribution is 2.15. The molecule has 1 aromatic heterocycles. The lowest BCUT2D eigenvalue weighted by Gasteiger charge is -2.05. The predicted molar refractivity (Wildman–Crippen MR) is 55.7 cm³/mol. The molecule has 0 bridgehead atoms. The van der Waals surface area contributed by atoms with Gasteiger partial charge < -0.3 is 10.3 Å². The monoisotopic (exact) mass is 181 g/mol. The Morgan fingerprint density at radius 3 is 2.54 bits per heavy atom. The fourth-order valence-electron chi connectivity index (χ4n) is 1.50. The van der Waals surface area contributed by atoms with Crippen molar-refractivity contribution in [1.29, 1.82) is 0 Å². The van der Waals surface area contributed by atoms with Gasteiger partial charge in [-0.3, -0.25) is 0 Å². The molecule has 1 heterocycles. The van der Waals surface area contributed by atoms with E-state index in [1.54, 1.807) is 0 Å². The Labute approximate surface area is 80.0 Å². The Balaban J connectivity index is 2.85. The van der Waals surface area contributed by atoms with Crippen molar-refractivity contribution in [2.75, 3.05) is 5.73 Å². The van der Waals surface area contributed by atoms with Crippen molar-refractivity contribution in [3.63, 3.8) is 0 Å². The Hall–Kier alpha value is -0.990. The van der Waals surface area contributed by atoms with Crippen LogP contribution in [-0.2, 0) is 13.0 Å². The van der Waals surface area contributed by atoms with Gasteiger partial charge in [0.15, 0.2) is 0 Å². The number of aryl methyl sites for hydroxylation is 2. The van der Waals surface area contributed by atoms with Crippen LogP contribution in [0, 0.1) is 6.92 Å². The van der Waals surface area contributed by atoms with E-state index < -0.39 is 0 Å². The molecule has 0 amide bonds. The molecule has 3 nitrogen and oxygen atoms in total. The minimum absolute atomic E-state index is 0.855. The van der Waals surface area contributed by atoms with Crippen LogP contribution in [0.2, 0.25) is 0 Å². The molecule has 0 atom stereocenters. The smallest absolute Gasteiger partial charge is 0.126 e. The van der Waals surface area contributed by atoms with E-state index >= 15 is 0 Å². The molecular weight excluding hydrogens is 162 g/mol. The molecule has 3 heteroatoms. The van der Waals surface area contributed by atoms with Crippen LogP contribution in [0.25, 0.3) is 0 Å². The summed E-state index contributed by atoms with van der Waals surface area (Å²) in [6.07, 6.45) is 3.29. The first-order valence-electron chi connectivity index (χ1n) is 5.02. The van der Waals surface area contributed by atoms with E-state index in [4.69, 9.17) is 5.73 Å². The first-order chi connectivity index (χ1) is 6.20. The standard InChI is InChI=1S/C10H19N3/c1-4-6-7-13-8(3)12-9(5-2)10(13)11/h4-7,11H2,1-3H3. The minimum Gasteiger partial charge on any atom is -0.384 e. The molecule has 0 unspecified atom stereocenters. The third-order valence-electron chi connectivity index (χ3n) is 2.34. The van der Waals surface area contributed by atoms with Crippen LogP contribution in [-0.4, -0.2) is 9.55 Å². The lowest BCUT2D eigenvalue weighted by atomic mass is 10.3. The van der Waals surface area contributed by atoms with Gasteiger partial charge in [0.2, 0.25) is 0 Å². The Kier molecular flexibility index (Phi) is 3.34. The fourth-order valence-corrected chi connectivity index (χ4v) is 1.50. The number of aromatic nitrogens is 2. The molecule has 0 fully saturated rings. The van der Waals surface area contributed by atoms with Crippen molar-refractivity contribution < 1.29 is 0 Å². The molecule has 0 spiro atoms. The van der Waals surface area contributed by atoms with Crippen molar-refractivity contribution in [3.05, 3.63) is 11.5 Å². The van der Waals surface area contributed by atoms with Crippen LogP contribution in [0.4, 0.5) is 5.82 Å². The van der Waals surface area contributed by atoms with Crippen molar-refractivity contribution >= 4 is 5.82 Å². The predicted octanol–water partition coefficient (Wildman–Crippen LogP) is 2.14. The molecule has 0 aliphatic rings. The summed E-state index contributed by atoms with van der Waals surface area (Å²) in [5.41, 5.74) is 6.99. The Morgan fingerprint density at radius 1 is 1.38 bits per heavy atom. The normalized spacial score (nSPS) is 10.7. The quantitative estimate of drug-likeness (QED) is 0.773. The maximum absolute atomic E-state index is 5.96. The van der Waals surface area contributed by atoms with E-state index in [2.05, 4.69) is 23.4 Å². The van der Waals surface area contributed by atoms with Crippen molar-refractivity contribution in [1.82, 2.24) is 9.55 Å². The molecule has 74 valence electrons. The van der Waals surface area contributed by atoms with E-state index in [9.17, 15) is 0 Å². The molecule has 1 rings (SSSR count). The van der Waals surface area contributed by atoms with Crippen LogP contribution in [0.15, 0.2) is 0 Å². The number of unbranched alkanes of at least 4 members (excludes halogenated alkanes) is 1. The molecule has 0 saturated carbocycles. The van der Waals surface area contributed by atoms with Crippen LogP contribution in [0.3, 0.4) is 0 Å². The summed E-state index contributed by atoms with van der Waals surface area (Å²) in [6, 6.07) is 0. The molecule has 2 N–H and O–H groups in total. The second kappa shape index (κ2) is 4.30. The summed E-state index contributed by atoms with van der Waals surface area (Å²) in [7, 11) is 0. The summed E-state index contributed by atoms with van der Waals surface area (Å²) in [6.45, 7) is 7.29. The van der Waals surface area contributed by atoms with Gasteiger partial charge in [0.05, 0.1) is 5.69 Å². The Bertz CT molecular complexity index is 276. The molecule has 13 heavy (non-hydrogen) atoms. The van der Waals surface area contributed by atoms with Gasteiger partial charge in [0.25, 0.3) is 0 Å².